The van der Waals surface area contributed by atoms with Crippen molar-refractivity contribution in [2.75, 3.05) is 6.54 Å². The van der Waals surface area contributed by atoms with Crippen molar-refractivity contribution < 1.29 is 4.39 Å². The standard InChI is InChI=1S/C9H13FN2/c10-7-3-1-6-12-8(7)9(11)4-2-5-9/h1,3,12H,2,4-6,11H2. The van der Waals surface area contributed by atoms with E-state index in [0.717, 1.165) is 19.3 Å². The van der Waals surface area contributed by atoms with E-state index in [4.69, 9.17) is 5.73 Å². The Morgan fingerprint density at radius 2 is 2.25 bits per heavy atom. The summed E-state index contributed by atoms with van der Waals surface area (Å²) in [6.45, 7) is 0.696. The molecule has 0 amide bonds. The molecule has 3 heteroatoms. The first-order valence-corrected chi connectivity index (χ1v) is 4.32. The van der Waals surface area contributed by atoms with Gasteiger partial charge in [-0.25, -0.2) is 4.39 Å². The molecule has 0 aromatic heterocycles. The minimum atomic E-state index is -0.394. The van der Waals surface area contributed by atoms with Gasteiger partial charge in [-0.2, -0.15) is 0 Å². The molecule has 2 rings (SSSR count). The summed E-state index contributed by atoms with van der Waals surface area (Å²) >= 11 is 0. The van der Waals surface area contributed by atoms with Crippen LogP contribution in [0.5, 0.6) is 0 Å². The summed E-state index contributed by atoms with van der Waals surface area (Å²) in [4.78, 5) is 0. The van der Waals surface area contributed by atoms with E-state index in [0.29, 0.717) is 12.2 Å². The molecular formula is C9H13FN2. The van der Waals surface area contributed by atoms with E-state index in [1.807, 2.05) is 0 Å². The van der Waals surface area contributed by atoms with Crippen LogP contribution in [0.15, 0.2) is 23.7 Å². The third kappa shape index (κ3) is 1.05. The molecule has 0 aromatic rings. The molecule has 1 saturated carbocycles. The lowest BCUT2D eigenvalue weighted by Crippen LogP contribution is -2.53. The fourth-order valence-electron chi connectivity index (χ4n) is 1.71. The fraction of sp³-hybridized carbons (Fsp3) is 0.556. The minimum Gasteiger partial charge on any atom is -0.381 e. The normalized spacial score (nSPS) is 26.5. The highest BCUT2D eigenvalue weighted by atomic mass is 19.1. The van der Waals surface area contributed by atoms with Gasteiger partial charge in [0.1, 0.15) is 5.83 Å². The Bertz CT molecular complexity index is 251. The second-order valence-electron chi connectivity index (χ2n) is 3.52. The average molecular weight is 168 g/mol. The maximum absolute atomic E-state index is 13.2. The van der Waals surface area contributed by atoms with Gasteiger partial charge in [0.2, 0.25) is 0 Å². The number of hydrogen-bond acceptors (Lipinski definition) is 2. The second-order valence-corrected chi connectivity index (χ2v) is 3.52. The van der Waals surface area contributed by atoms with E-state index >= 15 is 0 Å². The average Bonchev–Trinajstić information content (AvgIpc) is 2.01. The van der Waals surface area contributed by atoms with Crippen molar-refractivity contribution in [2.45, 2.75) is 24.8 Å². The number of nitrogens with two attached hydrogens (primary N) is 1. The summed E-state index contributed by atoms with van der Waals surface area (Å²) in [6.07, 6.45) is 6.17. The van der Waals surface area contributed by atoms with Gasteiger partial charge in [0.25, 0.3) is 0 Å². The van der Waals surface area contributed by atoms with Gasteiger partial charge < -0.3 is 11.1 Å². The predicted molar refractivity (Wildman–Crippen MR) is 46.0 cm³/mol. The SMILES string of the molecule is NC1(C2=C(F)C=CCN2)CCC1. The van der Waals surface area contributed by atoms with Crippen LogP contribution in [0.4, 0.5) is 4.39 Å². The molecular weight excluding hydrogens is 155 g/mol. The molecule has 2 nitrogen and oxygen atoms in total. The Morgan fingerprint density at radius 3 is 2.75 bits per heavy atom. The van der Waals surface area contributed by atoms with Gasteiger partial charge in [0.15, 0.2) is 0 Å². The van der Waals surface area contributed by atoms with Crippen LogP contribution < -0.4 is 11.1 Å². The summed E-state index contributed by atoms with van der Waals surface area (Å²) in [6, 6.07) is 0. The Kier molecular flexibility index (Phi) is 1.68. The van der Waals surface area contributed by atoms with E-state index in [-0.39, 0.29) is 5.83 Å². The molecule has 0 saturated heterocycles. The highest BCUT2D eigenvalue weighted by molar-refractivity contribution is 5.32. The topological polar surface area (TPSA) is 38.0 Å². The smallest absolute Gasteiger partial charge is 0.143 e. The van der Waals surface area contributed by atoms with Crippen LogP contribution >= 0.6 is 0 Å². The number of halogens is 1. The monoisotopic (exact) mass is 168 g/mol. The third-order valence-electron chi connectivity index (χ3n) is 2.64. The largest absolute Gasteiger partial charge is 0.381 e. The zero-order valence-electron chi connectivity index (χ0n) is 6.94. The summed E-state index contributed by atoms with van der Waals surface area (Å²) in [5.41, 5.74) is 6.19. The molecule has 1 aliphatic carbocycles. The molecule has 1 aliphatic heterocycles. The van der Waals surface area contributed by atoms with E-state index in [1.165, 1.54) is 6.08 Å². The Hall–Kier alpha value is -0.830. The number of dihydropyridines is 1. The fourth-order valence-corrected chi connectivity index (χ4v) is 1.71. The maximum atomic E-state index is 13.2. The molecule has 0 atom stereocenters. The van der Waals surface area contributed by atoms with Crippen molar-refractivity contribution in [3.8, 4) is 0 Å². The van der Waals surface area contributed by atoms with Gasteiger partial charge in [0.05, 0.1) is 11.2 Å². The summed E-state index contributed by atoms with van der Waals surface area (Å²) in [7, 11) is 0. The van der Waals surface area contributed by atoms with E-state index in [2.05, 4.69) is 5.32 Å². The molecule has 0 aromatic carbocycles. The Labute approximate surface area is 71.3 Å². The number of hydrogen-bond donors (Lipinski definition) is 2. The Balaban J connectivity index is 2.25. The van der Waals surface area contributed by atoms with E-state index in [9.17, 15) is 4.39 Å². The van der Waals surface area contributed by atoms with Crippen LogP contribution in [-0.4, -0.2) is 12.1 Å². The van der Waals surface area contributed by atoms with Crippen molar-refractivity contribution in [2.24, 2.45) is 5.73 Å². The lowest BCUT2D eigenvalue weighted by atomic mass is 9.74. The van der Waals surface area contributed by atoms with Crippen molar-refractivity contribution >= 4 is 0 Å². The van der Waals surface area contributed by atoms with Gasteiger partial charge in [-0.05, 0) is 25.3 Å². The molecule has 0 bridgehead atoms. The van der Waals surface area contributed by atoms with Gasteiger partial charge in [-0.15, -0.1) is 0 Å². The Morgan fingerprint density at radius 1 is 1.50 bits per heavy atom. The molecule has 12 heavy (non-hydrogen) atoms. The highest BCUT2D eigenvalue weighted by Crippen LogP contribution is 2.36. The van der Waals surface area contributed by atoms with Crippen LogP contribution in [0.1, 0.15) is 19.3 Å². The molecule has 0 unspecified atom stereocenters. The van der Waals surface area contributed by atoms with Gasteiger partial charge in [0, 0.05) is 6.54 Å². The zero-order chi connectivity index (χ0) is 8.60. The molecule has 0 radical (unpaired) electrons. The quantitative estimate of drug-likeness (QED) is 0.617. The van der Waals surface area contributed by atoms with Crippen LogP contribution in [0.2, 0.25) is 0 Å². The number of nitrogens with one attached hydrogen (secondary N) is 1. The van der Waals surface area contributed by atoms with Gasteiger partial charge in [-0.1, -0.05) is 6.08 Å². The van der Waals surface area contributed by atoms with Crippen molar-refractivity contribution in [3.63, 3.8) is 0 Å². The third-order valence-corrected chi connectivity index (χ3v) is 2.64. The zero-order valence-corrected chi connectivity index (χ0v) is 6.94. The molecule has 1 fully saturated rings. The molecule has 3 N–H and O–H groups in total. The van der Waals surface area contributed by atoms with Crippen LogP contribution in [0, 0.1) is 0 Å². The second kappa shape index (κ2) is 2.59. The van der Waals surface area contributed by atoms with Crippen molar-refractivity contribution in [3.05, 3.63) is 23.7 Å². The van der Waals surface area contributed by atoms with Crippen molar-refractivity contribution in [1.82, 2.24) is 5.32 Å². The summed E-state index contributed by atoms with van der Waals surface area (Å²) in [5.74, 6) is -0.191. The highest BCUT2D eigenvalue weighted by Gasteiger charge is 2.38. The molecule has 66 valence electrons. The van der Waals surface area contributed by atoms with Gasteiger partial charge >= 0.3 is 0 Å². The van der Waals surface area contributed by atoms with Crippen LogP contribution in [0.3, 0.4) is 0 Å². The molecule has 0 spiro atoms. The van der Waals surface area contributed by atoms with Crippen LogP contribution in [0.25, 0.3) is 0 Å². The lowest BCUT2D eigenvalue weighted by Gasteiger charge is -2.41. The van der Waals surface area contributed by atoms with Crippen LogP contribution in [-0.2, 0) is 0 Å². The summed E-state index contributed by atoms with van der Waals surface area (Å²) in [5, 5.41) is 3.00. The van der Waals surface area contributed by atoms with Gasteiger partial charge in [-0.3, -0.25) is 0 Å². The molecule has 2 aliphatic rings. The van der Waals surface area contributed by atoms with E-state index in [1.54, 1.807) is 6.08 Å². The number of allylic oxidation sites excluding steroid dienone is 2. The minimum absolute atomic E-state index is 0.191. The first-order chi connectivity index (χ1) is 5.72. The summed E-state index contributed by atoms with van der Waals surface area (Å²) < 4.78 is 13.2. The predicted octanol–water partition coefficient (Wildman–Crippen LogP) is 1.21. The van der Waals surface area contributed by atoms with Crippen molar-refractivity contribution in [1.29, 1.82) is 0 Å². The maximum Gasteiger partial charge on any atom is 0.143 e. The van der Waals surface area contributed by atoms with E-state index < -0.39 is 5.54 Å². The first-order valence-electron chi connectivity index (χ1n) is 4.32. The first kappa shape index (κ1) is 7.80. The lowest BCUT2D eigenvalue weighted by molar-refractivity contribution is 0.277. The molecule has 1 heterocycles. The number of rotatable bonds is 1.